The molecule has 1 atom stereocenters. The summed E-state index contributed by atoms with van der Waals surface area (Å²) in [5, 5.41) is 10.8. The van der Waals surface area contributed by atoms with Crippen LogP contribution in [0.25, 0.3) is 0 Å². The lowest BCUT2D eigenvalue weighted by Crippen LogP contribution is -2.49. The Labute approximate surface area is 152 Å². The van der Waals surface area contributed by atoms with Crippen LogP contribution >= 0.6 is 0 Å². The highest BCUT2D eigenvalue weighted by atomic mass is 19.3. The van der Waals surface area contributed by atoms with E-state index in [1.54, 1.807) is 0 Å². The highest BCUT2D eigenvalue weighted by Gasteiger charge is 2.40. The van der Waals surface area contributed by atoms with E-state index in [0.29, 0.717) is 44.9 Å². The first-order valence-electron chi connectivity index (χ1n) is 9.20. The highest BCUT2D eigenvalue weighted by molar-refractivity contribution is 5.27. The van der Waals surface area contributed by atoms with Gasteiger partial charge in [-0.2, -0.15) is 0 Å². The molecule has 1 aromatic carbocycles. The number of aliphatic hydroxyl groups is 1. The van der Waals surface area contributed by atoms with Crippen molar-refractivity contribution in [3.63, 3.8) is 0 Å². The third-order valence-corrected chi connectivity index (χ3v) is 5.19. The average molecular weight is 372 g/mol. The number of likely N-dealkylation sites (tertiary alicyclic amines) is 2. The predicted molar refractivity (Wildman–Crippen MR) is 93.4 cm³/mol. The van der Waals surface area contributed by atoms with Gasteiger partial charge in [-0.15, -0.1) is 0 Å². The van der Waals surface area contributed by atoms with Crippen LogP contribution in [0.1, 0.15) is 24.8 Å². The molecule has 2 fully saturated rings. The van der Waals surface area contributed by atoms with Gasteiger partial charge in [0.2, 0.25) is 0 Å². The van der Waals surface area contributed by atoms with Crippen LogP contribution in [0.4, 0.5) is 13.2 Å². The highest BCUT2D eigenvalue weighted by Crippen LogP contribution is 2.30. The van der Waals surface area contributed by atoms with E-state index in [-0.39, 0.29) is 19.4 Å². The Bertz CT molecular complexity index is 575. The van der Waals surface area contributed by atoms with Gasteiger partial charge in [-0.05, 0) is 24.1 Å². The van der Waals surface area contributed by atoms with Gasteiger partial charge in [-0.1, -0.05) is 12.1 Å². The second kappa shape index (κ2) is 8.15. The number of halogens is 3. The summed E-state index contributed by atoms with van der Waals surface area (Å²) in [5.74, 6) is -1.91. The Morgan fingerprint density at radius 1 is 1.00 bits per heavy atom. The van der Waals surface area contributed by atoms with Gasteiger partial charge in [0.1, 0.15) is 19.0 Å². The zero-order valence-electron chi connectivity index (χ0n) is 15.0. The molecule has 0 aromatic heterocycles. The van der Waals surface area contributed by atoms with E-state index in [9.17, 15) is 18.3 Å². The molecule has 1 aromatic rings. The summed E-state index contributed by atoms with van der Waals surface area (Å²) in [7, 11) is 0. The zero-order valence-corrected chi connectivity index (χ0v) is 15.0. The quantitative estimate of drug-likeness (QED) is 0.798. The van der Waals surface area contributed by atoms with Crippen LogP contribution in [0.15, 0.2) is 24.3 Å². The monoisotopic (exact) mass is 372 g/mol. The average Bonchev–Trinajstić information content (AvgIpc) is 2.97. The molecule has 146 valence electrons. The Kier molecular flexibility index (Phi) is 6.10. The number of β-amino-alcohol motifs (C(OH)–C–C–N with tert-alkyl or cyclic N) is 1. The van der Waals surface area contributed by atoms with E-state index in [1.165, 1.54) is 0 Å². The van der Waals surface area contributed by atoms with E-state index >= 15 is 0 Å². The van der Waals surface area contributed by atoms with Crippen molar-refractivity contribution < 1.29 is 23.0 Å². The van der Waals surface area contributed by atoms with Crippen molar-refractivity contribution in [2.75, 3.05) is 46.0 Å². The minimum atomic E-state index is -2.55. The van der Waals surface area contributed by atoms with Gasteiger partial charge in [0.15, 0.2) is 0 Å². The molecule has 4 nitrogen and oxygen atoms in total. The van der Waals surface area contributed by atoms with Crippen molar-refractivity contribution in [2.45, 2.75) is 37.3 Å². The summed E-state index contributed by atoms with van der Waals surface area (Å²) in [6.45, 7) is 2.72. The molecule has 2 heterocycles. The first-order chi connectivity index (χ1) is 12.4. The van der Waals surface area contributed by atoms with E-state index in [2.05, 4.69) is 4.90 Å². The maximum Gasteiger partial charge on any atom is 0.250 e. The number of alkyl halides is 3. The predicted octanol–water partition coefficient (Wildman–Crippen LogP) is 2.70. The summed E-state index contributed by atoms with van der Waals surface area (Å²) in [6.07, 6.45) is 0.408. The summed E-state index contributed by atoms with van der Waals surface area (Å²) >= 11 is 0. The minimum Gasteiger partial charge on any atom is -0.491 e. The third kappa shape index (κ3) is 5.34. The molecule has 2 saturated heterocycles. The molecule has 0 amide bonds. The molecule has 0 saturated carbocycles. The van der Waals surface area contributed by atoms with Gasteiger partial charge in [0, 0.05) is 52.1 Å². The molecular formula is C19H27F3N2O2. The van der Waals surface area contributed by atoms with Gasteiger partial charge >= 0.3 is 0 Å². The molecule has 2 aliphatic heterocycles. The molecule has 26 heavy (non-hydrogen) atoms. The molecule has 3 rings (SSSR count). The fourth-order valence-corrected chi connectivity index (χ4v) is 3.76. The Hall–Kier alpha value is -1.31. The van der Waals surface area contributed by atoms with Gasteiger partial charge in [0.05, 0.1) is 5.60 Å². The number of nitrogens with zero attached hydrogens (tertiary/aromatic N) is 2. The van der Waals surface area contributed by atoms with Gasteiger partial charge < -0.3 is 9.84 Å². The number of ether oxygens (including phenoxy) is 1. The van der Waals surface area contributed by atoms with Crippen molar-refractivity contribution in [3.8, 4) is 5.75 Å². The number of benzene rings is 1. The van der Waals surface area contributed by atoms with Crippen molar-refractivity contribution in [1.82, 2.24) is 9.80 Å². The Morgan fingerprint density at radius 2 is 1.65 bits per heavy atom. The Balaban J connectivity index is 1.47. The summed E-state index contributed by atoms with van der Waals surface area (Å²) in [5.41, 5.74) is 0.260. The summed E-state index contributed by atoms with van der Waals surface area (Å²) in [4.78, 5) is 4.13. The van der Waals surface area contributed by atoms with Crippen LogP contribution in [0.5, 0.6) is 5.75 Å². The zero-order chi connectivity index (χ0) is 18.6. The number of piperidine rings is 1. The molecular weight excluding hydrogens is 345 g/mol. The fraction of sp³-hybridized carbons (Fsp3) is 0.684. The maximum absolute atomic E-state index is 13.3. The van der Waals surface area contributed by atoms with Gasteiger partial charge in [0.25, 0.3) is 5.92 Å². The van der Waals surface area contributed by atoms with Crippen molar-refractivity contribution in [2.24, 2.45) is 0 Å². The summed E-state index contributed by atoms with van der Waals surface area (Å²) in [6, 6.07) is 7.53. The second-order valence-electron chi connectivity index (χ2n) is 7.50. The lowest BCUT2D eigenvalue weighted by Gasteiger charge is -2.36. The van der Waals surface area contributed by atoms with E-state index in [0.717, 1.165) is 12.1 Å². The molecule has 1 N–H and O–H groups in total. The van der Waals surface area contributed by atoms with E-state index in [1.807, 2.05) is 29.2 Å². The van der Waals surface area contributed by atoms with Crippen LogP contribution in [0, 0.1) is 0 Å². The SMILES string of the molecule is O[C@]1(CN2CCC(F)(F)CC2)CCN(Cc2ccc(OCCF)cc2)C1. The van der Waals surface area contributed by atoms with Gasteiger partial charge in [-0.3, -0.25) is 9.80 Å². The smallest absolute Gasteiger partial charge is 0.250 e. The number of hydrogen-bond acceptors (Lipinski definition) is 4. The first kappa shape index (κ1) is 19.5. The second-order valence-corrected chi connectivity index (χ2v) is 7.50. The molecule has 0 bridgehead atoms. The fourth-order valence-electron chi connectivity index (χ4n) is 3.76. The largest absolute Gasteiger partial charge is 0.491 e. The normalized spacial score (nSPS) is 26.9. The van der Waals surface area contributed by atoms with E-state index < -0.39 is 18.2 Å². The lowest BCUT2D eigenvalue weighted by molar-refractivity contribution is -0.0724. The van der Waals surface area contributed by atoms with Gasteiger partial charge in [-0.25, -0.2) is 13.2 Å². The summed E-state index contributed by atoms with van der Waals surface area (Å²) < 4.78 is 43.9. The van der Waals surface area contributed by atoms with Crippen LogP contribution in [-0.4, -0.2) is 72.4 Å². The molecule has 2 aliphatic rings. The van der Waals surface area contributed by atoms with Crippen molar-refractivity contribution >= 4 is 0 Å². The molecule has 0 unspecified atom stereocenters. The standard InChI is InChI=1S/C19H27F3N2O2/c20-8-12-26-17-3-1-16(2-4-17)13-24-9-5-18(25,15-24)14-23-10-6-19(21,22)7-11-23/h1-4,25H,5-15H2/t18-/m0/s1. The molecule has 0 spiro atoms. The molecule has 0 radical (unpaired) electrons. The molecule has 0 aliphatic carbocycles. The van der Waals surface area contributed by atoms with Crippen LogP contribution < -0.4 is 4.74 Å². The first-order valence-corrected chi connectivity index (χ1v) is 9.20. The van der Waals surface area contributed by atoms with Crippen LogP contribution in [0.2, 0.25) is 0 Å². The third-order valence-electron chi connectivity index (χ3n) is 5.19. The number of hydrogen-bond donors (Lipinski definition) is 1. The van der Waals surface area contributed by atoms with Crippen LogP contribution in [-0.2, 0) is 6.54 Å². The minimum absolute atomic E-state index is 0.0565. The van der Waals surface area contributed by atoms with Crippen molar-refractivity contribution in [3.05, 3.63) is 29.8 Å². The lowest BCUT2D eigenvalue weighted by atomic mass is 10.00. The maximum atomic E-state index is 13.3. The molecule has 7 heteroatoms. The topological polar surface area (TPSA) is 35.9 Å². The number of rotatable bonds is 7. The van der Waals surface area contributed by atoms with Crippen molar-refractivity contribution in [1.29, 1.82) is 0 Å². The van der Waals surface area contributed by atoms with Crippen LogP contribution in [0.3, 0.4) is 0 Å². The Morgan fingerprint density at radius 3 is 2.31 bits per heavy atom. The van der Waals surface area contributed by atoms with E-state index in [4.69, 9.17) is 4.74 Å².